The minimum absolute atomic E-state index is 0.268. The van der Waals surface area contributed by atoms with Gasteiger partial charge in [0, 0.05) is 15.7 Å². The summed E-state index contributed by atoms with van der Waals surface area (Å²) in [4.78, 5) is 12.0. The van der Waals surface area contributed by atoms with Crippen molar-refractivity contribution < 1.29 is 4.79 Å². The van der Waals surface area contributed by atoms with Gasteiger partial charge in [0.15, 0.2) is 5.69 Å². The molecule has 3 rings (SSSR count). The van der Waals surface area contributed by atoms with Gasteiger partial charge in [-0.05, 0) is 37.0 Å². The van der Waals surface area contributed by atoms with Crippen LogP contribution in [0, 0.1) is 0 Å². The number of hydrazone groups is 1. The molecule has 0 fully saturated rings. The zero-order chi connectivity index (χ0) is 13.9. The van der Waals surface area contributed by atoms with Gasteiger partial charge in [0.25, 0.3) is 5.91 Å². The van der Waals surface area contributed by atoms with Gasteiger partial charge in [-0.2, -0.15) is 10.2 Å². The van der Waals surface area contributed by atoms with Crippen molar-refractivity contribution in [3.8, 4) is 0 Å². The van der Waals surface area contributed by atoms with Crippen LogP contribution in [0.1, 0.15) is 33.7 Å². The number of carbonyl (C=O) groups excluding carboxylic acids is 1. The number of fused-ring (bicyclic) bond motifs is 1. The van der Waals surface area contributed by atoms with E-state index in [1.165, 1.54) is 0 Å². The fraction of sp³-hybridized carbons (Fsp3) is 0.214. The predicted octanol–water partition coefficient (Wildman–Crippen LogP) is 2.42. The van der Waals surface area contributed by atoms with Crippen LogP contribution in [0.25, 0.3) is 0 Å². The molecule has 1 aliphatic carbocycles. The summed E-state index contributed by atoms with van der Waals surface area (Å²) in [5, 5.41) is 10.9. The minimum atomic E-state index is -0.268. The molecule has 20 heavy (non-hydrogen) atoms. The number of aryl methyl sites for hydroxylation is 1. The van der Waals surface area contributed by atoms with Crippen LogP contribution in [0.3, 0.4) is 0 Å². The molecule has 1 heterocycles. The smallest absolute Gasteiger partial charge is 0.281 e. The van der Waals surface area contributed by atoms with Crippen LogP contribution in [0.15, 0.2) is 33.8 Å². The first-order valence-electron chi connectivity index (χ1n) is 6.39. The molecule has 0 unspecified atom stereocenters. The second-order valence-electron chi connectivity index (χ2n) is 4.64. The van der Waals surface area contributed by atoms with E-state index < -0.39 is 0 Å². The van der Waals surface area contributed by atoms with E-state index in [0.29, 0.717) is 5.69 Å². The van der Waals surface area contributed by atoms with Gasteiger partial charge in [0.2, 0.25) is 0 Å². The number of aromatic nitrogens is 2. The topological polar surface area (TPSA) is 70.1 Å². The van der Waals surface area contributed by atoms with Gasteiger partial charge in [-0.15, -0.1) is 0 Å². The third-order valence-electron chi connectivity index (χ3n) is 3.25. The Balaban J connectivity index is 1.67. The van der Waals surface area contributed by atoms with E-state index in [-0.39, 0.29) is 5.91 Å². The lowest BCUT2D eigenvalue weighted by molar-refractivity contribution is 0.0949. The monoisotopic (exact) mass is 332 g/mol. The number of hydrogen-bond donors (Lipinski definition) is 2. The Kier molecular flexibility index (Phi) is 3.64. The van der Waals surface area contributed by atoms with Crippen molar-refractivity contribution in [1.29, 1.82) is 0 Å². The summed E-state index contributed by atoms with van der Waals surface area (Å²) in [6.45, 7) is 0. The van der Waals surface area contributed by atoms with Gasteiger partial charge in [0.05, 0.1) is 6.21 Å². The summed E-state index contributed by atoms with van der Waals surface area (Å²) in [7, 11) is 0. The van der Waals surface area contributed by atoms with Gasteiger partial charge in [-0.3, -0.25) is 9.89 Å². The van der Waals surface area contributed by atoms with Crippen molar-refractivity contribution in [1.82, 2.24) is 15.6 Å². The van der Waals surface area contributed by atoms with Gasteiger partial charge in [0.1, 0.15) is 0 Å². The highest BCUT2D eigenvalue weighted by molar-refractivity contribution is 9.10. The summed E-state index contributed by atoms with van der Waals surface area (Å²) in [6, 6.07) is 7.67. The molecule has 1 aliphatic rings. The maximum Gasteiger partial charge on any atom is 0.292 e. The second-order valence-corrected chi connectivity index (χ2v) is 5.55. The van der Waals surface area contributed by atoms with Crippen molar-refractivity contribution in [3.05, 3.63) is 51.3 Å². The Labute approximate surface area is 124 Å². The maximum atomic E-state index is 12.0. The number of hydrogen-bond acceptors (Lipinski definition) is 3. The molecule has 2 N–H and O–H groups in total. The van der Waals surface area contributed by atoms with Crippen LogP contribution in [0.4, 0.5) is 0 Å². The van der Waals surface area contributed by atoms with Gasteiger partial charge < -0.3 is 0 Å². The van der Waals surface area contributed by atoms with Crippen molar-refractivity contribution in [3.63, 3.8) is 0 Å². The SMILES string of the molecule is O=C(N/N=C/c1cccc(Br)c1)c1n[nH]c2c1CCC2. The fourth-order valence-corrected chi connectivity index (χ4v) is 2.73. The number of halogens is 1. The van der Waals surface area contributed by atoms with Gasteiger partial charge in [-0.1, -0.05) is 28.1 Å². The third kappa shape index (κ3) is 2.65. The summed E-state index contributed by atoms with van der Waals surface area (Å²) < 4.78 is 0.970. The molecule has 0 aliphatic heterocycles. The van der Waals surface area contributed by atoms with Crippen LogP contribution in [-0.4, -0.2) is 22.3 Å². The highest BCUT2D eigenvalue weighted by Crippen LogP contribution is 2.22. The molecule has 1 amide bonds. The average molecular weight is 333 g/mol. The lowest BCUT2D eigenvalue weighted by Crippen LogP contribution is -2.19. The average Bonchev–Trinajstić information content (AvgIpc) is 3.00. The highest BCUT2D eigenvalue weighted by atomic mass is 79.9. The Hall–Kier alpha value is -1.95. The Morgan fingerprint density at radius 2 is 2.35 bits per heavy atom. The molecule has 0 saturated heterocycles. The second kappa shape index (κ2) is 5.58. The number of amides is 1. The van der Waals surface area contributed by atoms with E-state index in [4.69, 9.17) is 0 Å². The number of carbonyl (C=O) groups is 1. The molecule has 1 aromatic carbocycles. The van der Waals surface area contributed by atoms with Crippen molar-refractivity contribution in [2.24, 2.45) is 5.10 Å². The third-order valence-corrected chi connectivity index (χ3v) is 3.74. The first-order chi connectivity index (χ1) is 9.74. The molecular formula is C14H13BrN4O. The van der Waals surface area contributed by atoms with E-state index in [0.717, 1.165) is 40.6 Å². The summed E-state index contributed by atoms with van der Waals surface area (Å²) >= 11 is 3.39. The van der Waals surface area contributed by atoms with Crippen molar-refractivity contribution >= 4 is 28.1 Å². The molecule has 0 radical (unpaired) electrons. The number of aromatic amines is 1. The number of H-pyrrole nitrogens is 1. The molecule has 1 aromatic heterocycles. The highest BCUT2D eigenvalue weighted by Gasteiger charge is 2.22. The first kappa shape index (κ1) is 13.1. The zero-order valence-electron chi connectivity index (χ0n) is 10.7. The molecule has 0 atom stereocenters. The molecule has 5 nitrogen and oxygen atoms in total. The molecule has 0 saturated carbocycles. The van der Waals surface area contributed by atoms with Crippen LogP contribution >= 0.6 is 15.9 Å². The van der Waals surface area contributed by atoms with E-state index in [9.17, 15) is 4.79 Å². The Bertz CT molecular complexity index is 678. The number of benzene rings is 1. The van der Waals surface area contributed by atoms with Crippen LogP contribution in [0.2, 0.25) is 0 Å². The van der Waals surface area contributed by atoms with E-state index in [1.54, 1.807) is 6.21 Å². The van der Waals surface area contributed by atoms with E-state index in [2.05, 4.69) is 36.7 Å². The largest absolute Gasteiger partial charge is 0.292 e. The van der Waals surface area contributed by atoms with E-state index in [1.807, 2.05) is 24.3 Å². The Morgan fingerprint density at radius 3 is 3.20 bits per heavy atom. The maximum absolute atomic E-state index is 12.0. The van der Waals surface area contributed by atoms with E-state index >= 15 is 0 Å². The number of nitrogens with one attached hydrogen (secondary N) is 2. The van der Waals surface area contributed by atoms with Gasteiger partial charge >= 0.3 is 0 Å². The minimum Gasteiger partial charge on any atom is -0.281 e. The Morgan fingerprint density at radius 1 is 1.45 bits per heavy atom. The molecule has 102 valence electrons. The summed E-state index contributed by atoms with van der Waals surface area (Å²) in [5.41, 5.74) is 5.99. The normalized spacial score (nSPS) is 13.7. The molecule has 2 aromatic rings. The first-order valence-corrected chi connectivity index (χ1v) is 7.18. The molecule has 0 bridgehead atoms. The number of nitrogens with zero attached hydrogens (tertiary/aromatic N) is 2. The van der Waals surface area contributed by atoms with Crippen molar-refractivity contribution in [2.75, 3.05) is 0 Å². The lowest BCUT2D eigenvalue weighted by atomic mass is 10.2. The zero-order valence-corrected chi connectivity index (χ0v) is 12.3. The number of rotatable bonds is 3. The lowest BCUT2D eigenvalue weighted by Gasteiger charge is -1.98. The molecule has 6 heteroatoms. The van der Waals surface area contributed by atoms with Gasteiger partial charge in [-0.25, -0.2) is 5.43 Å². The van der Waals surface area contributed by atoms with Crippen molar-refractivity contribution in [2.45, 2.75) is 19.3 Å². The van der Waals surface area contributed by atoms with Crippen LogP contribution in [0.5, 0.6) is 0 Å². The quantitative estimate of drug-likeness (QED) is 0.669. The summed E-state index contributed by atoms with van der Waals surface area (Å²) in [6.07, 6.45) is 4.56. The van der Waals surface area contributed by atoms with Crippen LogP contribution in [-0.2, 0) is 12.8 Å². The molecule has 0 spiro atoms. The fourth-order valence-electron chi connectivity index (χ4n) is 2.31. The predicted molar refractivity (Wildman–Crippen MR) is 79.8 cm³/mol. The van der Waals surface area contributed by atoms with Crippen LogP contribution < -0.4 is 5.43 Å². The summed E-state index contributed by atoms with van der Waals surface area (Å²) in [5.74, 6) is -0.268. The molecular weight excluding hydrogens is 320 g/mol. The standard InChI is InChI=1S/C14H13BrN4O/c15-10-4-1-3-9(7-10)8-16-19-14(20)13-11-5-2-6-12(11)17-18-13/h1,3-4,7-8H,2,5-6H2,(H,17,18)(H,19,20)/b16-8+.